The van der Waals surface area contributed by atoms with Gasteiger partial charge >= 0.3 is 0 Å². The second kappa shape index (κ2) is 10.4. The predicted molar refractivity (Wildman–Crippen MR) is 112 cm³/mol. The van der Waals surface area contributed by atoms with Crippen LogP contribution in [0.1, 0.15) is 22.7 Å². The van der Waals surface area contributed by atoms with Crippen molar-refractivity contribution in [1.29, 1.82) is 0 Å². The third-order valence-electron chi connectivity index (χ3n) is 4.47. The lowest BCUT2D eigenvalue weighted by atomic mass is 10.0. The molecule has 140 valence electrons. The summed E-state index contributed by atoms with van der Waals surface area (Å²) < 4.78 is 7.10. The monoisotopic (exact) mass is 425 g/mol. The summed E-state index contributed by atoms with van der Waals surface area (Å²) >= 11 is 3.64. The molecule has 0 radical (unpaired) electrons. The number of nitrogens with one attached hydrogen (secondary N) is 1. The molecule has 0 heterocycles. The zero-order chi connectivity index (χ0) is 18.9. The van der Waals surface area contributed by atoms with Crippen molar-refractivity contribution < 1.29 is 9.84 Å². The van der Waals surface area contributed by atoms with Crippen LogP contribution < -0.4 is 5.32 Å². The Morgan fingerprint density at radius 2 is 1.41 bits per heavy atom. The van der Waals surface area contributed by atoms with Crippen LogP contribution in [-0.4, -0.2) is 17.8 Å². The van der Waals surface area contributed by atoms with Gasteiger partial charge in [-0.05, 0) is 22.8 Å². The first kappa shape index (κ1) is 19.8. The molecule has 0 aliphatic heterocycles. The molecule has 3 rings (SSSR count). The second-order valence-electron chi connectivity index (χ2n) is 6.38. The van der Waals surface area contributed by atoms with E-state index in [1.807, 2.05) is 66.7 Å². The van der Waals surface area contributed by atoms with Gasteiger partial charge in [0.05, 0.1) is 19.3 Å². The maximum atomic E-state index is 10.0. The van der Waals surface area contributed by atoms with E-state index in [9.17, 15) is 5.11 Å². The van der Waals surface area contributed by atoms with Crippen LogP contribution in [0.15, 0.2) is 89.4 Å². The van der Waals surface area contributed by atoms with Crippen LogP contribution in [0.2, 0.25) is 0 Å². The minimum Gasteiger partial charge on any atom is -0.394 e. The van der Waals surface area contributed by atoms with Crippen molar-refractivity contribution in [3.05, 3.63) is 106 Å². The average Bonchev–Trinajstić information content (AvgIpc) is 2.73. The summed E-state index contributed by atoms with van der Waals surface area (Å²) in [6, 6.07) is 28.2. The zero-order valence-electron chi connectivity index (χ0n) is 15.1. The molecule has 0 spiro atoms. The smallest absolute Gasteiger partial charge is 0.100 e. The fourth-order valence-electron chi connectivity index (χ4n) is 3.02. The number of hydrogen-bond donors (Lipinski definition) is 2. The summed E-state index contributed by atoms with van der Waals surface area (Å²) in [4.78, 5) is 0. The topological polar surface area (TPSA) is 41.5 Å². The highest BCUT2D eigenvalue weighted by atomic mass is 79.9. The van der Waals surface area contributed by atoms with E-state index in [0.717, 1.165) is 15.6 Å². The first-order valence-corrected chi connectivity index (χ1v) is 9.85. The lowest BCUT2D eigenvalue weighted by Gasteiger charge is -2.28. The molecule has 0 unspecified atom stereocenters. The van der Waals surface area contributed by atoms with Crippen LogP contribution in [0.25, 0.3) is 0 Å². The van der Waals surface area contributed by atoms with Crippen LogP contribution in [0.4, 0.5) is 0 Å². The van der Waals surface area contributed by atoms with Crippen molar-refractivity contribution >= 4 is 15.9 Å². The zero-order valence-corrected chi connectivity index (χ0v) is 16.7. The van der Waals surface area contributed by atoms with Crippen molar-refractivity contribution in [2.24, 2.45) is 0 Å². The van der Waals surface area contributed by atoms with E-state index in [4.69, 9.17) is 4.74 Å². The van der Waals surface area contributed by atoms with Crippen molar-refractivity contribution in [3.8, 4) is 0 Å². The van der Waals surface area contributed by atoms with Crippen molar-refractivity contribution in [1.82, 2.24) is 5.32 Å². The summed E-state index contributed by atoms with van der Waals surface area (Å²) in [5.41, 5.74) is 3.35. The molecular weight excluding hydrogens is 402 g/mol. The molecule has 4 heteroatoms. The van der Waals surface area contributed by atoms with Gasteiger partial charge in [0.2, 0.25) is 0 Å². The van der Waals surface area contributed by atoms with E-state index < -0.39 is 0 Å². The molecule has 27 heavy (non-hydrogen) atoms. The van der Waals surface area contributed by atoms with E-state index in [-0.39, 0.29) is 18.8 Å². The van der Waals surface area contributed by atoms with Crippen molar-refractivity contribution in [2.75, 3.05) is 6.61 Å². The van der Waals surface area contributed by atoms with Crippen LogP contribution in [0.3, 0.4) is 0 Å². The molecule has 0 aromatic heterocycles. The molecule has 0 saturated heterocycles. The molecular formula is C23H24BrNO2. The second-order valence-corrected chi connectivity index (χ2v) is 7.24. The summed E-state index contributed by atoms with van der Waals surface area (Å²) in [7, 11) is 0. The number of aliphatic hydroxyl groups is 1. The van der Waals surface area contributed by atoms with E-state index in [1.165, 1.54) is 5.56 Å². The fraction of sp³-hybridized carbons (Fsp3) is 0.217. The van der Waals surface area contributed by atoms with E-state index >= 15 is 0 Å². The predicted octanol–water partition coefficient (Wildman–Crippen LogP) is 4.86. The maximum Gasteiger partial charge on any atom is 0.100 e. The Kier molecular flexibility index (Phi) is 7.60. The number of hydrogen-bond acceptors (Lipinski definition) is 3. The average molecular weight is 426 g/mol. The maximum absolute atomic E-state index is 10.0. The third-order valence-corrected chi connectivity index (χ3v) is 5.19. The van der Waals surface area contributed by atoms with Gasteiger partial charge in [-0.2, -0.15) is 0 Å². The minimum atomic E-state index is -0.368. The van der Waals surface area contributed by atoms with Crippen LogP contribution >= 0.6 is 15.9 Å². The Labute approximate surface area is 169 Å². The fourth-order valence-corrected chi connectivity index (χ4v) is 3.56. The largest absolute Gasteiger partial charge is 0.394 e. The number of ether oxygens (including phenoxy) is 1. The molecule has 3 aromatic rings. The van der Waals surface area contributed by atoms with Crippen LogP contribution in [0, 0.1) is 0 Å². The Hall–Kier alpha value is -1.98. The molecule has 0 aliphatic rings. The third kappa shape index (κ3) is 5.75. The summed E-state index contributed by atoms with van der Waals surface area (Å²) in [5.74, 6) is 0. The Balaban J connectivity index is 1.77. The Morgan fingerprint density at radius 3 is 2.04 bits per heavy atom. The minimum absolute atomic E-state index is 0.0688. The molecule has 0 amide bonds. The van der Waals surface area contributed by atoms with Gasteiger partial charge in [0, 0.05) is 11.0 Å². The Morgan fingerprint density at radius 1 is 0.815 bits per heavy atom. The van der Waals surface area contributed by atoms with E-state index in [0.29, 0.717) is 13.2 Å². The number of aliphatic hydroxyl groups excluding tert-OH is 1. The SMILES string of the molecule is OC[C@@H](OCc1ccccc1)[C@H](NCc1ccccc1)c1ccccc1Br. The lowest BCUT2D eigenvalue weighted by molar-refractivity contribution is -0.0212. The van der Waals surface area contributed by atoms with Gasteiger partial charge < -0.3 is 15.2 Å². The number of benzene rings is 3. The standard InChI is InChI=1S/C23H24BrNO2/c24-21-14-8-7-13-20(21)23(25-15-18-9-3-1-4-10-18)22(16-26)27-17-19-11-5-2-6-12-19/h1-14,22-23,25-26H,15-17H2/t22-,23-/m1/s1. The highest BCUT2D eigenvalue weighted by Crippen LogP contribution is 2.28. The molecule has 3 nitrogen and oxygen atoms in total. The highest BCUT2D eigenvalue weighted by Gasteiger charge is 2.25. The lowest BCUT2D eigenvalue weighted by Crippen LogP contribution is -2.36. The molecule has 2 N–H and O–H groups in total. The Bertz CT molecular complexity index is 811. The van der Waals surface area contributed by atoms with Crippen molar-refractivity contribution in [3.63, 3.8) is 0 Å². The van der Waals surface area contributed by atoms with E-state index in [2.05, 4.69) is 39.4 Å². The normalized spacial score (nSPS) is 13.3. The molecule has 0 aliphatic carbocycles. The molecule has 0 bridgehead atoms. The van der Waals surface area contributed by atoms with Gasteiger partial charge in [-0.1, -0.05) is 94.8 Å². The first-order chi connectivity index (χ1) is 13.3. The summed E-state index contributed by atoms with van der Waals surface area (Å²) in [6.07, 6.45) is -0.368. The van der Waals surface area contributed by atoms with Crippen molar-refractivity contribution in [2.45, 2.75) is 25.3 Å². The van der Waals surface area contributed by atoms with Gasteiger partial charge in [0.15, 0.2) is 0 Å². The molecule has 0 fully saturated rings. The van der Waals surface area contributed by atoms with Gasteiger partial charge in [-0.15, -0.1) is 0 Å². The number of halogens is 1. The van der Waals surface area contributed by atoms with Gasteiger partial charge in [-0.25, -0.2) is 0 Å². The summed E-state index contributed by atoms with van der Waals surface area (Å²) in [6.45, 7) is 1.08. The molecule has 3 aromatic carbocycles. The van der Waals surface area contributed by atoms with E-state index in [1.54, 1.807) is 0 Å². The first-order valence-electron chi connectivity index (χ1n) is 9.06. The number of rotatable bonds is 9. The van der Waals surface area contributed by atoms with Gasteiger partial charge in [-0.3, -0.25) is 0 Å². The van der Waals surface area contributed by atoms with Crippen LogP contribution in [0.5, 0.6) is 0 Å². The molecule has 2 atom stereocenters. The molecule has 0 saturated carbocycles. The van der Waals surface area contributed by atoms with Crippen LogP contribution in [-0.2, 0) is 17.9 Å². The quantitative estimate of drug-likeness (QED) is 0.514. The highest BCUT2D eigenvalue weighted by molar-refractivity contribution is 9.10. The van der Waals surface area contributed by atoms with Gasteiger partial charge in [0.25, 0.3) is 0 Å². The van der Waals surface area contributed by atoms with Gasteiger partial charge in [0.1, 0.15) is 6.10 Å². The summed E-state index contributed by atoms with van der Waals surface area (Å²) in [5, 5.41) is 13.6.